The van der Waals surface area contributed by atoms with Gasteiger partial charge in [0.2, 0.25) is 5.91 Å². The number of piperidine rings is 1. The molecule has 2 atom stereocenters. The second kappa shape index (κ2) is 12.4. The van der Waals surface area contributed by atoms with Gasteiger partial charge in [-0.1, -0.05) is 6.08 Å². The molecule has 2 aromatic carbocycles. The molecule has 41 heavy (non-hydrogen) atoms. The van der Waals surface area contributed by atoms with Crippen LogP contribution in [-0.4, -0.2) is 78.3 Å². The number of nitrogens with zero attached hydrogens (tertiary/aromatic N) is 4. The molecule has 0 saturated carbocycles. The number of alkyl halides is 3. The lowest BCUT2D eigenvalue weighted by molar-refractivity contribution is -0.137. The Morgan fingerprint density at radius 3 is 2.56 bits per heavy atom. The standard InChI is InChI=1S/C29H32F4N6O2/c1-2-13-41-26-17-39(22-9-11-38(12-10-22)21-6-4-20(30)5-7-21)16-25(26)37-27(40)15-34-28-23-14-19(29(31,32)33)3-8-24(23)35-18-36-28/h2-8,14,18,22,25-26H,1,9-13,15-17H2,(H,37,40)(H,34,35,36)/t25?,26-/m0/s1. The minimum Gasteiger partial charge on any atom is -0.371 e. The third-order valence-electron chi connectivity index (χ3n) is 7.62. The number of benzene rings is 2. The number of aromatic nitrogens is 2. The van der Waals surface area contributed by atoms with E-state index in [1.54, 1.807) is 18.2 Å². The Morgan fingerprint density at radius 2 is 1.85 bits per heavy atom. The number of hydrogen-bond acceptors (Lipinski definition) is 7. The van der Waals surface area contributed by atoms with E-state index < -0.39 is 11.7 Å². The van der Waals surface area contributed by atoms with E-state index in [1.165, 1.54) is 24.5 Å². The first kappa shape index (κ1) is 28.7. The molecular weight excluding hydrogens is 540 g/mol. The van der Waals surface area contributed by atoms with E-state index in [-0.39, 0.29) is 41.6 Å². The maximum atomic E-state index is 13.3. The van der Waals surface area contributed by atoms with Crippen molar-refractivity contribution in [2.24, 2.45) is 0 Å². The molecule has 1 unspecified atom stereocenters. The fourth-order valence-electron chi connectivity index (χ4n) is 5.54. The number of fused-ring (bicyclic) bond motifs is 1. The van der Waals surface area contributed by atoms with Crippen molar-refractivity contribution in [3.8, 4) is 0 Å². The lowest BCUT2D eigenvalue weighted by atomic mass is 10.0. The highest BCUT2D eigenvalue weighted by Crippen LogP contribution is 2.32. The van der Waals surface area contributed by atoms with Crippen molar-refractivity contribution in [2.75, 3.05) is 49.5 Å². The Balaban J connectivity index is 1.19. The summed E-state index contributed by atoms with van der Waals surface area (Å²) in [7, 11) is 0. The number of hydrogen-bond donors (Lipinski definition) is 2. The van der Waals surface area contributed by atoms with Crippen molar-refractivity contribution < 1.29 is 27.1 Å². The molecule has 0 aliphatic carbocycles. The van der Waals surface area contributed by atoms with Gasteiger partial charge in [-0.25, -0.2) is 14.4 Å². The summed E-state index contributed by atoms with van der Waals surface area (Å²) < 4.78 is 59.0. The van der Waals surface area contributed by atoms with Crippen LogP contribution in [0.3, 0.4) is 0 Å². The van der Waals surface area contributed by atoms with E-state index >= 15 is 0 Å². The summed E-state index contributed by atoms with van der Waals surface area (Å²) >= 11 is 0. The molecule has 1 amide bonds. The predicted octanol–water partition coefficient (Wildman–Crippen LogP) is 4.24. The molecule has 2 aliphatic rings. The molecule has 1 aromatic heterocycles. The number of likely N-dealkylation sites (tertiary alicyclic amines) is 1. The molecule has 3 heterocycles. The van der Waals surface area contributed by atoms with Crippen LogP contribution < -0.4 is 15.5 Å². The van der Waals surface area contributed by atoms with E-state index in [4.69, 9.17) is 4.74 Å². The van der Waals surface area contributed by atoms with Gasteiger partial charge in [-0.05, 0) is 55.3 Å². The van der Waals surface area contributed by atoms with Gasteiger partial charge in [-0.2, -0.15) is 13.2 Å². The summed E-state index contributed by atoms with van der Waals surface area (Å²) in [5.74, 6) is -0.430. The van der Waals surface area contributed by atoms with Crippen LogP contribution >= 0.6 is 0 Å². The minimum absolute atomic E-state index is 0.150. The number of anilines is 2. The number of carbonyl (C=O) groups excluding carboxylic acids is 1. The summed E-state index contributed by atoms with van der Waals surface area (Å²) in [5, 5.41) is 6.08. The summed E-state index contributed by atoms with van der Waals surface area (Å²) in [4.78, 5) is 25.6. The van der Waals surface area contributed by atoms with Crippen LogP contribution in [-0.2, 0) is 15.7 Å². The summed E-state index contributed by atoms with van der Waals surface area (Å²) in [5.41, 5.74) is 0.525. The summed E-state index contributed by atoms with van der Waals surface area (Å²) in [6.07, 6.45) is 0.0140. The Labute approximate surface area is 235 Å². The highest BCUT2D eigenvalue weighted by molar-refractivity contribution is 5.91. The Morgan fingerprint density at radius 1 is 1.10 bits per heavy atom. The van der Waals surface area contributed by atoms with E-state index in [1.807, 2.05) is 0 Å². The predicted molar refractivity (Wildman–Crippen MR) is 148 cm³/mol. The van der Waals surface area contributed by atoms with Gasteiger partial charge in [-0.15, -0.1) is 6.58 Å². The van der Waals surface area contributed by atoms with E-state index in [9.17, 15) is 22.4 Å². The molecule has 218 valence electrons. The fourth-order valence-corrected chi connectivity index (χ4v) is 5.54. The molecule has 8 nitrogen and oxygen atoms in total. The topological polar surface area (TPSA) is 82.6 Å². The van der Waals surface area contributed by atoms with Gasteiger partial charge < -0.3 is 20.3 Å². The smallest absolute Gasteiger partial charge is 0.371 e. The van der Waals surface area contributed by atoms with Gasteiger partial charge >= 0.3 is 6.18 Å². The SMILES string of the molecule is C=CCO[C@H]1CN(C2CCN(c3ccc(F)cc3)CC2)CC1NC(=O)CNc1ncnc2ccc(C(F)(F)F)cc12. The Hall–Kier alpha value is -3.77. The number of carbonyl (C=O) groups is 1. The zero-order chi connectivity index (χ0) is 29.0. The first-order valence-electron chi connectivity index (χ1n) is 13.5. The van der Waals surface area contributed by atoms with Crippen molar-refractivity contribution in [1.29, 1.82) is 0 Å². The maximum Gasteiger partial charge on any atom is 0.416 e. The van der Waals surface area contributed by atoms with Crippen molar-refractivity contribution >= 4 is 28.3 Å². The van der Waals surface area contributed by atoms with Crippen LogP contribution in [0.1, 0.15) is 18.4 Å². The number of halogens is 4. The van der Waals surface area contributed by atoms with Gasteiger partial charge in [0, 0.05) is 43.3 Å². The van der Waals surface area contributed by atoms with E-state index in [2.05, 4.69) is 37.0 Å². The van der Waals surface area contributed by atoms with Crippen molar-refractivity contribution in [1.82, 2.24) is 20.2 Å². The molecule has 5 rings (SSSR count). The van der Waals surface area contributed by atoms with Crippen LogP contribution in [0.25, 0.3) is 10.9 Å². The van der Waals surface area contributed by atoms with Crippen LogP contribution in [0, 0.1) is 5.82 Å². The second-order valence-corrected chi connectivity index (χ2v) is 10.3. The van der Waals surface area contributed by atoms with Crippen LogP contribution in [0.2, 0.25) is 0 Å². The molecular formula is C29H32F4N6O2. The Bertz CT molecular complexity index is 1360. The molecule has 0 radical (unpaired) electrons. The van der Waals surface area contributed by atoms with Crippen LogP contribution in [0.5, 0.6) is 0 Å². The van der Waals surface area contributed by atoms with Gasteiger partial charge in [0.1, 0.15) is 18.0 Å². The highest BCUT2D eigenvalue weighted by Gasteiger charge is 2.38. The average molecular weight is 573 g/mol. The number of amides is 1. The Kier molecular flexibility index (Phi) is 8.69. The maximum absolute atomic E-state index is 13.3. The molecule has 0 bridgehead atoms. The summed E-state index contributed by atoms with van der Waals surface area (Å²) in [6.45, 7) is 6.84. The van der Waals surface area contributed by atoms with Gasteiger partial charge in [0.25, 0.3) is 0 Å². The first-order chi connectivity index (χ1) is 19.7. The zero-order valence-electron chi connectivity index (χ0n) is 22.4. The lowest BCUT2D eigenvalue weighted by Crippen LogP contribution is -2.47. The zero-order valence-corrected chi connectivity index (χ0v) is 22.4. The van der Waals surface area contributed by atoms with Crippen molar-refractivity contribution in [3.05, 3.63) is 72.8 Å². The average Bonchev–Trinajstić information content (AvgIpc) is 3.36. The first-order valence-corrected chi connectivity index (χ1v) is 13.5. The van der Waals surface area contributed by atoms with Crippen molar-refractivity contribution in [3.63, 3.8) is 0 Å². The molecule has 12 heteroatoms. The monoisotopic (exact) mass is 572 g/mol. The molecule has 2 N–H and O–H groups in total. The van der Waals surface area contributed by atoms with Crippen molar-refractivity contribution in [2.45, 2.75) is 37.2 Å². The molecule has 2 aliphatic heterocycles. The third-order valence-corrected chi connectivity index (χ3v) is 7.62. The number of nitrogens with one attached hydrogen (secondary N) is 2. The normalized spacial score (nSPS) is 20.3. The molecule has 0 spiro atoms. The quantitative estimate of drug-likeness (QED) is 0.293. The second-order valence-electron chi connectivity index (χ2n) is 10.3. The fraction of sp³-hybridized carbons (Fsp3) is 0.414. The largest absolute Gasteiger partial charge is 0.416 e. The minimum atomic E-state index is -4.51. The summed E-state index contributed by atoms with van der Waals surface area (Å²) in [6, 6.07) is 9.81. The molecule has 2 fully saturated rings. The van der Waals surface area contributed by atoms with Gasteiger partial charge in [0.15, 0.2) is 0 Å². The van der Waals surface area contributed by atoms with Gasteiger partial charge in [-0.3, -0.25) is 9.69 Å². The molecule has 2 saturated heterocycles. The van der Waals surface area contributed by atoms with E-state index in [0.717, 1.165) is 43.8 Å². The van der Waals surface area contributed by atoms with E-state index in [0.29, 0.717) is 31.3 Å². The highest BCUT2D eigenvalue weighted by atomic mass is 19.4. The van der Waals surface area contributed by atoms with Gasteiger partial charge in [0.05, 0.1) is 36.4 Å². The lowest BCUT2D eigenvalue weighted by Gasteiger charge is -2.38. The van der Waals surface area contributed by atoms with Crippen LogP contribution in [0.15, 0.2) is 61.4 Å². The number of rotatable bonds is 9. The van der Waals surface area contributed by atoms with Crippen LogP contribution in [0.4, 0.5) is 29.1 Å². The third kappa shape index (κ3) is 6.94. The number of ether oxygens (including phenoxy) is 1. The molecule has 3 aromatic rings.